The predicted molar refractivity (Wildman–Crippen MR) is 125 cm³/mol. The van der Waals surface area contributed by atoms with Crippen molar-refractivity contribution in [1.82, 2.24) is 20.5 Å². The molecule has 0 bridgehead atoms. The summed E-state index contributed by atoms with van der Waals surface area (Å²) in [5, 5.41) is 7.82. The maximum atomic E-state index is 13.4. The van der Waals surface area contributed by atoms with Gasteiger partial charge in [-0.2, -0.15) is 0 Å². The summed E-state index contributed by atoms with van der Waals surface area (Å²) in [5.41, 5.74) is 0.805. The lowest BCUT2D eigenvalue weighted by Crippen LogP contribution is -2.48. The minimum Gasteiger partial charge on any atom is -0.357 e. The average Bonchev–Trinajstić information content (AvgIpc) is 3.10. The quantitative estimate of drug-likeness (QED) is 0.333. The van der Waals surface area contributed by atoms with E-state index in [2.05, 4.69) is 32.4 Å². The summed E-state index contributed by atoms with van der Waals surface area (Å²) < 4.78 is 26.4. The molecule has 0 radical (unpaired) electrons. The molecule has 2 N–H and O–H groups in total. The van der Waals surface area contributed by atoms with Gasteiger partial charge in [-0.25, -0.2) is 18.8 Å². The number of rotatable bonds is 6. The van der Waals surface area contributed by atoms with Crippen LogP contribution in [0.25, 0.3) is 0 Å². The fraction of sp³-hybridized carbons (Fsp3) is 0.500. The van der Waals surface area contributed by atoms with Crippen molar-refractivity contribution in [2.45, 2.75) is 45.8 Å². The second kappa shape index (κ2) is 11.8. The van der Waals surface area contributed by atoms with Crippen LogP contribution in [0.2, 0.25) is 0 Å². The smallest absolute Gasteiger partial charge is 0.191 e. The molecule has 0 amide bonds. The van der Waals surface area contributed by atoms with Crippen molar-refractivity contribution in [2.75, 3.05) is 19.6 Å². The average molecular weight is 535 g/mol. The van der Waals surface area contributed by atoms with Gasteiger partial charge in [-0.05, 0) is 44.4 Å². The van der Waals surface area contributed by atoms with Crippen molar-refractivity contribution < 1.29 is 8.78 Å². The Labute approximate surface area is 192 Å². The van der Waals surface area contributed by atoms with Gasteiger partial charge in [0.05, 0.1) is 6.54 Å². The number of likely N-dealkylation sites (tertiary alicyclic amines) is 1. The van der Waals surface area contributed by atoms with Crippen LogP contribution < -0.4 is 10.6 Å². The zero-order valence-corrected chi connectivity index (χ0v) is 19.9. The number of guanidine groups is 1. The zero-order valence-electron chi connectivity index (χ0n) is 16.8. The third-order valence-electron chi connectivity index (χ3n) is 4.70. The fourth-order valence-electron chi connectivity index (χ4n) is 3.27. The topological polar surface area (TPSA) is 52.6 Å². The van der Waals surface area contributed by atoms with Crippen LogP contribution >= 0.6 is 35.3 Å². The summed E-state index contributed by atoms with van der Waals surface area (Å²) in [6, 6.07) is 4.48. The molecule has 0 spiro atoms. The normalized spacial score (nSPS) is 15.8. The van der Waals surface area contributed by atoms with Crippen LogP contribution in [-0.2, 0) is 13.1 Å². The first-order chi connectivity index (χ1) is 13.5. The van der Waals surface area contributed by atoms with E-state index in [4.69, 9.17) is 0 Å². The molecular formula is C20H28F2IN5S. The van der Waals surface area contributed by atoms with Gasteiger partial charge in [-0.15, -0.1) is 35.3 Å². The molecule has 0 atom stereocenters. The van der Waals surface area contributed by atoms with Crippen LogP contribution in [0.1, 0.15) is 35.2 Å². The van der Waals surface area contributed by atoms with Gasteiger partial charge in [0, 0.05) is 43.3 Å². The van der Waals surface area contributed by atoms with Crippen LogP contribution in [0.15, 0.2) is 29.4 Å². The van der Waals surface area contributed by atoms with E-state index in [1.54, 1.807) is 17.4 Å². The Kier molecular flexibility index (Phi) is 9.70. The Balaban J connectivity index is 0.00000300. The third kappa shape index (κ3) is 7.45. The number of thiazole rings is 1. The van der Waals surface area contributed by atoms with E-state index in [-0.39, 0.29) is 24.0 Å². The molecule has 0 saturated carbocycles. The molecule has 1 aromatic carbocycles. The number of nitrogens with zero attached hydrogens (tertiary/aromatic N) is 3. The maximum Gasteiger partial charge on any atom is 0.191 e. The van der Waals surface area contributed by atoms with Crippen molar-refractivity contribution in [1.29, 1.82) is 0 Å². The van der Waals surface area contributed by atoms with E-state index >= 15 is 0 Å². The van der Waals surface area contributed by atoms with Crippen molar-refractivity contribution in [2.24, 2.45) is 4.99 Å². The van der Waals surface area contributed by atoms with Crippen LogP contribution in [0, 0.1) is 18.6 Å². The first kappa shape index (κ1) is 23.9. The number of benzene rings is 1. The molecule has 5 nitrogen and oxygen atoms in total. The highest BCUT2D eigenvalue weighted by atomic mass is 127. The maximum absolute atomic E-state index is 13.4. The van der Waals surface area contributed by atoms with Gasteiger partial charge < -0.3 is 10.6 Å². The lowest BCUT2D eigenvalue weighted by atomic mass is 10.0. The number of aliphatic imine (C=N–C) groups is 1. The zero-order chi connectivity index (χ0) is 19.9. The molecule has 2 aromatic rings. The number of nitrogens with one attached hydrogen (secondary N) is 2. The van der Waals surface area contributed by atoms with E-state index in [0.717, 1.165) is 49.0 Å². The van der Waals surface area contributed by atoms with Gasteiger partial charge in [-0.1, -0.05) is 6.07 Å². The summed E-state index contributed by atoms with van der Waals surface area (Å²) in [6.07, 6.45) is 3.83. The van der Waals surface area contributed by atoms with Gasteiger partial charge in [0.15, 0.2) is 17.6 Å². The summed E-state index contributed by atoms with van der Waals surface area (Å²) in [5.74, 6) is -0.764. The van der Waals surface area contributed by atoms with Crippen molar-refractivity contribution in [3.05, 3.63) is 51.5 Å². The Morgan fingerprint density at radius 1 is 1.28 bits per heavy atom. The Bertz CT molecular complexity index is 806. The molecule has 2 heterocycles. The molecule has 1 saturated heterocycles. The number of halogens is 3. The molecular weight excluding hydrogens is 507 g/mol. The van der Waals surface area contributed by atoms with Gasteiger partial charge >= 0.3 is 0 Å². The number of hydrogen-bond acceptors (Lipinski definition) is 4. The molecule has 1 aromatic heterocycles. The number of aryl methyl sites for hydroxylation is 1. The van der Waals surface area contributed by atoms with Crippen LogP contribution in [0.3, 0.4) is 0 Å². The van der Waals surface area contributed by atoms with Crippen molar-refractivity contribution >= 4 is 41.3 Å². The Morgan fingerprint density at radius 3 is 2.66 bits per heavy atom. The molecule has 9 heteroatoms. The Morgan fingerprint density at radius 2 is 2.03 bits per heavy atom. The lowest BCUT2D eigenvalue weighted by Gasteiger charge is -2.33. The van der Waals surface area contributed by atoms with E-state index < -0.39 is 11.6 Å². The highest BCUT2D eigenvalue weighted by molar-refractivity contribution is 14.0. The minimum absolute atomic E-state index is 0. The standard InChI is InChI=1S/C20H27F2N5S.HI/c1-3-23-20(25-12-19-24-11-14(2)28-19)26-16-6-8-27(9-7-16)13-15-4-5-17(21)18(22)10-15;/h4-5,10-11,16H,3,6-9,12-13H2,1-2H3,(H2,23,25,26);1H. The highest BCUT2D eigenvalue weighted by Crippen LogP contribution is 2.16. The van der Waals surface area contributed by atoms with Gasteiger partial charge in [0.2, 0.25) is 0 Å². The number of piperidine rings is 1. The van der Waals surface area contributed by atoms with E-state index in [9.17, 15) is 8.78 Å². The number of aromatic nitrogens is 1. The molecule has 29 heavy (non-hydrogen) atoms. The second-order valence-corrected chi connectivity index (χ2v) is 8.32. The van der Waals surface area contributed by atoms with E-state index in [0.29, 0.717) is 19.1 Å². The molecule has 0 aliphatic carbocycles. The van der Waals surface area contributed by atoms with Crippen molar-refractivity contribution in [3.63, 3.8) is 0 Å². The number of hydrogen-bond donors (Lipinski definition) is 2. The minimum atomic E-state index is -0.796. The molecule has 1 fully saturated rings. The first-order valence-corrected chi connectivity index (χ1v) is 10.5. The van der Waals surface area contributed by atoms with Crippen molar-refractivity contribution in [3.8, 4) is 0 Å². The molecule has 160 valence electrons. The molecule has 0 unspecified atom stereocenters. The highest BCUT2D eigenvalue weighted by Gasteiger charge is 2.20. The second-order valence-electron chi connectivity index (χ2n) is 7.00. The van der Waals surface area contributed by atoms with Crippen LogP contribution in [0.5, 0.6) is 0 Å². The van der Waals surface area contributed by atoms with Gasteiger partial charge in [0.25, 0.3) is 0 Å². The summed E-state index contributed by atoms with van der Waals surface area (Å²) >= 11 is 1.67. The fourth-order valence-corrected chi connectivity index (χ4v) is 3.98. The summed E-state index contributed by atoms with van der Waals surface area (Å²) in [6.45, 7) is 7.92. The third-order valence-corrected chi connectivity index (χ3v) is 5.60. The molecule has 1 aliphatic rings. The predicted octanol–water partition coefficient (Wildman–Crippen LogP) is 4.07. The van der Waals surface area contributed by atoms with E-state index in [1.807, 2.05) is 13.1 Å². The SMILES string of the molecule is CCNC(=NCc1ncc(C)s1)NC1CCN(Cc2ccc(F)c(F)c2)CC1.I. The molecule has 3 rings (SSSR count). The summed E-state index contributed by atoms with van der Waals surface area (Å²) in [7, 11) is 0. The monoisotopic (exact) mass is 535 g/mol. The first-order valence-electron chi connectivity index (χ1n) is 9.66. The van der Waals surface area contributed by atoms with Crippen LogP contribution in [0.4, 0.5) is 8.78 Å². The Hall–Kier alpha value is -1.33. The largest absolute Gasteiger partial charge is 0.357 e. The lowest BCUT2D eigenvalue weighted by molar-refractivity contribution is 0.198. The van der Waals surface area contributed by atoms with Gasteiger partial charge in [0.1, 0.15) is 5.01 Å². The van der Waals surface area contributed by atoms with E-state index in [1.165, 1.54) is 17.0 Å². The van der Waals surface area contributed by atoms with Gasteiger partial charge in [-0.3, -0.25) is 4.90 Å². The summed E-state index contributed by atoms with van der Waals surface area (Å²) in [4.78, 5) is 12.5. The molecule has 1 aliphatic heterocycles. The van der Waals surface area contributed by atoms with Crippen LogP contribution in [-0.4, -0.2) is 41.5 Å².